The number of piperidine rings is 1. The normalized spacial score (nSPS) is 17.7. The highest BCUT2D eigenvalue weighted by molar-refractivity contribution is 5.97. The van der Waals surface area contributed by atoms with Crippen molar-refractivity contribution >= 4 is 17.8 Å². The highest BCUT2D eigenvalue weighted by Gasteiger charge is 2.31. The molecule has 1 amide bonds. The number of pyridine rings is 1. The Morgan fingerprint density at radius 1 is 1.02 bits per heavy atom. The number of carbonyl (C=O) groups excluding carboxylic acids is 1. The van der Waals surface area contributed by atoms with Crippen molar-refractivity contribution in [2.75, 3.05) is 13.1 Å². The molecule has 208 valence electrons. The number of aliphatic imine (C=N–C) groups is 1. The summed E-state index contributed by atoms with van der Waals surface area (Å²) in [5.41, 5.74) is 0.554. The average Bonchev–Trinajstić information content (AvgIpc) is 2.97. The van der Waals surface area contributed by atoms with Crippen LogP contribution in [0.5, 0.6) is 0 Å². The maximum Gasteiger partial charge on any atom is 0.416 e. The summed E-state index contributed by atoms with van der Waals surface area (Å²) in [7, 11) is 0. The van der Waals surface area contributed by atoms with Crippen molar-refractivity contribution in [2.24, 2.45) is 4.99 Å². The fourth-order valence-electron chi connectivity index (χ4n) is 4.74. The SMILES string of the molecule is O=C(NC1CCNCC1)c1cc(C2=CC=NC(NCc3ccccc3)N2)c(-c2cccc(C(F)(F)F)c2)[nH]c1=O. The van der Waals surface area contributed by atoms with E-state index in [0.29, 0.717) is 17.8 Å². The Labute approximate surface area is 228 Å². The predicted octanol–water partition coefficient (Wildman–Crippen LogP) is 3.63. The van der Waals surface area contributed by atoms with Gasteiger partial charge in [-0.15, -0.1) is 0 Å². The number of amides is 1. The van der Waals surface area contributed by atoms with Crippen molar-refractivity contribution in [2.45, 2.75) is 37.9 Å². The fraction of sp³-hybridized carbons (Fsp3) is 0.276. The number of aromatic amines is 1. The minimum absolute atomic E-state index is 0.0783. The molecule has 0 saturated carbocycles. The van der Waals surface area contributed by atoms with Crippen molar-refractivity contribution in [1.82, 2.24) is 26.3 Å². The molecule has 0 bridgehead atoms. The van der Waals surface area contributed by atoms with Crippen LogP contribution in [0.4, 0.5) is 13.2 Å². The molecule has 40 heavy (non-hydrogen) atoms. The van der Waals surface area contributed by atoms with Crippen molar-refractivity contribution in [3.05, 3.63) is 99.3 Å². The second-order valence-corrected chi connectivity index (χ2v) is 9.67. The van der Waals surface area contributed by atoms with Crippen LogP contribution in [0.1, 0.15) is 39.9 Å². The Bertz CT molecular complexity index is 1480. The zero-order chi connectivity index (χ0) is 28.1. The molecular formula is C29H29F3N6O2. The second kappa shape index (κ2) is 11.9. The molecule has 5 rings (SSSR count). The number of rotatable bonds is 7. The molecule has 1 fully saturated rings. The van der Waals surface area contributed by atoms with Crippen LogP contribution in [0, 0.1) is 0 Å². The molecule has 0 radical (unpaired) electrons. The number of H-pyrrole nitrogens is 1. The van der Waals surface area contributed by atoms with E-state index in [0.717, 1.165) is 43.6 Å². The first kappa shape index (κ1) is 27.4. The lowest BCUT2D eigenvalue weighted by Crippen LogP contribution is -2.44. The Kier molecular flexibility index (Phi) is 8.13. The van der Waals surface area contributed by atoms with E-state index >= 15 is 0 Å². The van der Waals surface area contributed by atoms with Crippen molar-refractivity contribution in [3.63, 3.8) is 0 Å². The number of nitrogens with one attached hydrogen (secondary N) is 5. The summed E-state index contributed by atoms with van der Waals surface area (Å²) in [5, 5.41) is 12.6. The van der Waals surface area contributed by atoms with Gasteiger partial charge in [-0.1, -0.05) is 42.5 Å². The fourth-order valence-corrected chi connectivity index (χ4v) is 4.74. The molecule has 5 N–H and O–H groups in total. The van der Waals surface area contributed by atoms with Crippen molar-refractivity contribution < 1.29 is 18.0 Å². The molecule has 0 aliphatic carbocycles. The minimum atomic E-state index is -4.56. The van der Waals surface area contributed by atoms with E-state index in [2.05, 4.69) is 31.2 Å². The largest absolute Gasteiger partial charge is 0.416 e. The maximum absolute atomic E-state index is 13.5. The average molecular weight is 551 g/mol. The van der Waals surface area contributed by atoms with E-state index in [1.165, 1.54) is 18.2 Å². The van der Waals surface area contributed by atoms with E-state index in [9.17, 15) is 22.8 Å². The number of benzene rings is 2. The van der Waals surface area contributed by atoms with Crippen molar-refractivity contribution in [1.29, 1.82) is 0 Å². The highest BCUT2D eigenvalue weighted by atomic mass is 19.4. The first-order valence-electron chi connectivity index (χ1n) is 13.0. The summed E-state index contributed by atoms with van der Waals surface area (Å²) in [4.78, 5) is 33.3. The quantitative estimate of drug-likeness (QED) is 0.309. The van der Waals surface area contributed by atoms with Gasteiger partial charge < -0.3 is 20.9 Å². The van der Waals surface area contributed by atoms with Crippen LogP contribution in [0.15, 0.2) is 76.5 Å². The third-order valence-corrected chi connectivity index (χ3v) is 6.84. The monoisotopic (exact) mass is 550 g/mol. The standard InChI is InChI=1S/C29H29F3N6O2/c30-29(31,32)20-8-4-7-19(15-20)25-22(16-23(27(40)38-25)26(39)36-21-9-12-33-13-10-21)24-11-14-34-28(37-24)35-17-18-5-2-1-3-6-18/h1-8,11,14-16,21,28,33,35,37H,9-10,12-13,17H2,(H,36,39)(H,38,40). The summed E-state index contributed by atoms with van der Waals surface area (Å²) in [6, 6.07) is 15.8. The summed E-state index contributed by atoms with van der Waals surface area (Å²) in [6.07, 6.45) is -0.418. The summed E-state index contributed by atoms with van der Waals surface area (Å²) >= 11 is 0. The molecule has 1 aromatic heterocycles. The molecule has 2 aliphatic heterocycles. The number of carbonyl (C=O) groups is 1. The second-order valence-electron chi connectivity index (χ2n) is 9.67. The van der Waals surface area contributed by atoms with E-state index in [1.807, 2.05) is 30.3 Å². The summed E-state index contributed by atoms with van der Waals surface area (Å²) in [6.45, 7) is 2.03. The number of nitrogens with zero attached hydrogens (tertiary/aromatic N) is 1. The van der Waals surface area contributed by atoms with Crippen LogP contribution < -0.4 is 26.8 Å². The number of allylic oxidation sites excluding steroid dienone is 1. The van der Waals surface area contributed by atoms with Crippen LogP contribution in [0.2, 0.25) is 0 Å². The van der Waals surface area contributed by atoms with Gasteiger partial charge in [-0.3, -0.25) is 19.9 Å². The zero-order valence-electron chi connectivity index (χ0n) is 21.5. The van der Waals surface area contributed by atoms with Crippen LogP contribution in [-0.4, -0.2) is 42.5 Å². The Hall–Kier alpha value is -4.22. The van der Waals surface area contributed by atoms with Gasteiger partial charge in [-0.05, 0) is 61.3 Å². The van der Waals surface area contributed by atoms with E-state index in [-0.39, 0.29) is 22.9 Å². The lowest BCUT2D eigenvalue weighted by Gasteiger charge is -2.25. The topological polar surface area (TPSA) is 110 Å². The van der Waals surface area contributed by atoms with Crippen LogP contribution >= 0.6 is 0 Å². The van der Waals surface area contributed by atoms with Gasteiger partial charge in [0.15, 0.2) is 6.29 Å². The van der Waals surface area contributed by atoms with Crippen LogP contribution in [0.25, 0.3) is 17.0 Å². The van der Waals surface area contributed by atoms with Crippen LogP contribution in [-0.2, 0) is 12.7 Å². The van der Waals surface area contributed by atoms with Crippen molar-refractivity contribution in [3.8, 4) is 11.3 Å². The third kappa shape index (κ3) is 6.49. The molecule has 3 aromatic rings. The highest BCUT2D eigenvalue weighted by Crippen LogP contribution is 2.33. The molecular weight excluding hydrogens is 521 g/mol. The molecule has 2 aromatic carbocycles. The molecule has 11 heteroatoms. The first-order chi connectivity index (χ1) is 19.3. The smallest absolute Gasteiger partial charge is 0.351 e. The van der Waals surface area contributed by atoms with Gasteiger partial charge >= 0.3 is 6.18 Å². The lowest BCUT2D eigenvalue weighted by atomic mass is 9.98. The number of hydrogen-bond donors (Lipinski definition) is 5. The molecule has 8 nitrogen and oxygen atoms in total. The first-order valence-corrected chi connectivity index (χ1v) is 13.0. The van der Waals surface area contributed by atoms with Gasteiger partial charge in [0.2, 0.25) is 0 Å². The van der Waals surface area contributed by atoms with Gasteiger partial charge in [-0.2, -0.15) is 13.2 Å². The molecule has 3 heterocycles. The Morgan fingerprint density at radius 3 is 2.55 bits per heavy atom. The lowest BCUT2D eigenvalue weighted by molar-refractivity contribution is -0.137. The summed E-state index contributed by atoms with van der Waals surface area (Å²) in [5.74, 6) is -0.533. The van der Waals surface area contributed by atoms with E-state index < -0.39 is 29.5 Å². The third-order valence-electron chi connectivity index (χ3n) is 6.84. The van der Waals surface area contributed by atoms with E-state index in [1.54, 1.807) is 12.3 Å². The maximum atomic E-state index is 13.5. The molecule has 2 aliphatic rings. The van der Waals surface area contributed by atoms with Gasteiger partial charge in [0.05, 0.1) is 11.3 Å². The minimum Gasteiger partial charge on any atom is -0.351 e. The summed E-state index contributed by atoms with van der Waals surface area (Å²) < 4.78 is 40.5. The van der Waals surface area contributed by atoms with Gasteiger partial charge in [-0.25, -0.2) is 0 Å². The van der Waals surface area contributed by atoms with Gasteiger partial charge in [0, 0.05) is 30.1 Å². The van der Waals surface area contributed by atoms with E-state index in [4.69, 9.17) is 0 Å². The molecule has 1 unspecified atom stereocenters. The number of alkyl halides is 3. The van der Waals surface area contributed by atoms with Gasteiger partial charge in [0.25, 0.3) is 11.5 Å². The Balaban J connectivity index is 1.49. The number of aromatic nitrogens is 1. The number of halogens is 3. The molecule has 1 saturated heterocycles. The van der Waals surface area contributed by atoms with Crippen LogP contribution in [0.3, 0.4) is 0 Å². The predicted molar refractivity (Wildman–Crippen MR) is 148 cm³/mol. The van der Waals surface area contributed by atoms with Gasteiger partial charge in [0.1, 0.15) is 5.56 Å². The molecule has 0 spiro atoms. The zero-order valence-corrected chi connectivity index (χ0v) is 21.5. The number of hydrogen-bond acceptors (Lipinski definition) is 6. The Morgan fingerprint density at radius 2 is 1.80 bits per heavy atom. The molecule has 1 atom stereocenters.